The zero-order chi connectivity index (χ0) is 18.6. The third-order valence-corrected chi connectivity index (χ3v) is 4.82. The fraction of sp³-hybridized carbons (Fsp3) is 0.421. The molecule has 0 unspecified atom stereocenters. The highest BCUT2D eigenvalue weighted by molar-refractivity contribution is 6.00. The van der Waals surface area contributed by atoms with E-state index in [0.29, 0.717) is 30.4 Å². The van der Waals surface area contributed by atoms with Crippen molar-refractivity contribution < 1.29 is 9.32 Å². The summed E-state index contributed by atoms with van der Waals surface area (Å²) in [6.07, 6.45) is 5.23. The summed E-state index contributed by atoms with van der Waals surface area (Å²) >= 11 is 0. The highest BCUT2D eigenvalue weighted by atomic mass is 16.5. The fourth-order valence-electron chi connectivity index (χ4n) is 3.43. The van der Waals surface area contributed by atoms with E-state index in [0.717, 1.165) is 35.3 Å². The number of nitrogens with zero attached hydrogens (tertiary/aromatic N) is 4. The van der Waals surface area contributed by atoms with Crippen LogP contribution in [0.2, 0.25) is 0 Å². The van der Waals surface area contributed by atoms with Crippen LogP contribution in [-0.4, -0.2) is 32.9 Å². The van der Waals surface area contributed by atoms with Gasteiger partial charge >= 0.3 is 6.03 Å². The van der Waals surface area contributed by atoms with Crippen molar-refractivity contribution in [2.75, 3.05) is 11.9 Å². The van der Waals surface area contributed by atoms with Gasteiger partial charge in [-0.1, -0.05) is 24.1 Å². The van der Waals surface area contributed by atoms with Gasteiger partial charge in [-0.15, -0.1) is 0 Å². The molecule has 27 heavy (non-hydrogen) atoms. The van der Waals surface area contributed by atoms with E-state index >= 15 is 0 Å². The minimum Gasteiger partial charge on any atom is -0.339 e. The number of rotatable bonds is 5. The number of hydrogen-bond acceptors (Lipinski definition) is 6. The number of hydrogen-bond donors (Lipinski definition) is 2. The van der Waals surface area contributed by atoms with Crippen molar-refractivity contribution in [2.24, 2.45) is 0 Å². The summed E-state index contributed by atoms with van der Waals surface area (Å²) in [6.45, 7) is 2.30. The second kappa shape index (κ2) is 7.69. The van der Waals surface area contributed by atoms with Gasteiger partial charge in [-0.25, -0.2) is 4.79 Å². The van der Waals surface area contributed by atoms with Crippen molar-refractivity contribution in [1.82, 2.24) is 25.7 Å². The van der Waals surface area contributed by atoms with Gasteiger partial charge in [0.15, 0.2) is 5.82 Å². The normalized spacial score (nSPS) is 14.6. The largest absolute Gasteiger partial charge is 0.339 e. The van der Waals surface area contributed by atoms with Gasteiger partial charge in [-0.05, 0) is 38.0 Å². The van der Waals surface area contributed by atoms with Crippen molar-refractivity contribution in [1.29, 1.82) is 0 Å². The average Bonchev–Trinajstić information content (AvgIpc) is 3.33. The summed E-state index contributed by atoms with van der Waals surface area (Å²) in [6, 6.07) is 7.17. The lowest BCUT2D eigenvalue weighted by atomic mass is 10.1. The van der Waals surface area contributed by atoms with Gasteiger partial charge in [0.2, 0.25) is 5.89 Å². The Kier molecular flexibility index (Phi) is 4.95. The first-order valence-corrected chi connectivity index (χ1v) is 9.29. The number of nitrogens with one attached hydrogen (secondary N) is 2. The van der Waals surface area contributed by atoms with Gasteiger partial charge < -0.3 is 15.2 Å². The molecule has 2 N–H and O–H groups in total. The summed E-state index contributed by atoms with van der Waals surface area (Å²) in [7, 11) is 0. The van der Waals surface area contributed by atoms with Crippen LogP contribution in [0.3, 0.4) is 0 Å². The molecule has 0 spiro atoms. The van der Waals surface area contributed by atoms with Crippen LogP contribution in [0.1, 0.15) is 49.0 Å². The van der Waals surface area contributed by atoms with E-state index in [2.05, 4.69) is 31.0 Å². The minimum absolute atomic E-state index is 0.281. The van der Waals surface area contributed by atoms with Crippen molar-refractivity contribution in [3.05, 3.63) is 41.7 Å². The summed E-state index contributed by atoms with van der Waals surface area (Å²) in [5.74, 6) is 1.77. The molecule has 1 saturated carbocycles. The molecule has 0 atom stereocenters. The number of amides is 2. The smallest absolute Gasteiger partial charge is 0.319 e. The minimum atomic E-state index is -0.281. The molecule has 4 rings (SSSR count). The molecule has 1 aliphatic rings. The van der Waals surface area contributed by atoms with Gasteiger partial charge in [0.1, 0.15) is 0 Å². The Morgan fingerprint density at radius 3 is 2.96 bits per heavy atom. The maximum Gasteiger partial charge on any atom is 0.319 e. The first-order valence-electron chi connectivity index (χ1n) is 9.29. The zero-order valence-electron chi connectivity index (χ0n) is 15.2. The van der Waals surface area contributed by atoms with Crippen LogP contribution >= 0.6 is 0 Å². The molecule has 0 aliphatic heterocycles. The van der Waals surface area contributed by atoms with Crippen molar-refractivity contribution >= 4 is 22.6 Å². The summed E-state index contributed by atoms with van der Waals surface area (Å²) in [5, 5.41) is 18.8. The Hall–Kier alpha value is -3.03. The lowest BCUT2D eigenvalue weighted by molar-refractivity contribution is 0.252. The number of carbonyl (C=O) groups excluding carboxylic acids is 1. The molecule has 1 aliphatic carbocycles. The number of urea groups is 1. The first-order chi connectivity index (χ1) is 13.2. The quantitative estimate of drug-likeness (QED) is 0.717. The second-order valence-electron chi connectivity index (χ2n) is 6.89. The standard InChI is InChI=1S/C19H22N6O2/c1-12-11-14-15(7-4-8-16(14)24-23-12)21-19(26)20-10-9-17-22-18(27-25-17)13-5-2-3-6-13/h4,7-8,11,13H,2-3,5-6,9-10H2,1H3,(H2,20,21,26). The van der Waals surface area contributed by atoms with Gasteiger partial charge in [0.05, 0.1) is 16.9 Å². The summed E-state index contributed by atoms with van der Waals surface area (Å²) in [5.41, 5.74) is 2.24. The second-order valence-corrected chi connectivity index (χ2v) is 6.89. The van der Waals surface area contributed by atoms with Gasteiger partial charge in [0.25, 0.3) is 0 Å². The molecule has 3 aromatic rings. The Morgan fingerprint density at radius 1 is 1.26 bits per heavy atom. The molecule has 0 saturated heterocycles. The number of carbonyl (C=O) groups is 1. The first kappa shape index (κ1) is 17.4. The van der Waals surface area contributed by atoms with Crippen LogP contribution in [0.25, 0.3) is 10.9 Å². The number of benzene rings is 1. The van der Waals surface area contributed by atoms with E-state index in [1.807, 2.05) is 31.2 Å². The molecule has 0 radical (unpaired) electrons. The van der Waals surface area contributed by atoms with Crippen molar-refractivity contribution in [3.63, 3.8) is 0 Å². The van der Waals surface area contributed by atoms with Crippen LogP contribution < -0.4 is 10.6 Å². The lowest BCUT2D eigenvalue weighted by Gasteiger charge is -2.09. The van der Waals surface area contributed by atoms with Gasteiger partial charge in [-0.3, -0.25) is 0 Å². The molecular weight excluding hydrogens is 344 g/mol. The van der Waals surface area contributed by atoms with Gasteiger partial charge in [-0.2, -0.15) is 15.2 Å². The van der Waals surface area contributed by atoms with E-state index < -0.39 is 0 Å². The Labute approximate surface area is 156 Å². The highest BCUT2D eigenvalue weighted by Crippen LogP contribution is 2.32. The fourth-order valence-corrected chi connectivity index (χ4v) is 3.43. The molecule has 2 heterocycles. The molecular formula is C19H22N6O2. The molecule has 8 heteroatoms. The van der Waals surface area contributed by atoms with Crippen molar-refractivity contribution in [2.45, 2.75) is 44.9 Å². The molecule has 8 nitrogen and oxygen atoms in total. The predicted octanol–water partition coefficient (Wildman–Crippen LogP) is 3.34. The summed E-state index contributed by atoms with van der Waals surface area (Å²) in [4.78, 5) is 16.7. The monoisotopic (exact) mass is 366 g/mol. The summed E-state index contributed by atoms with van der Waals surface area (Å²) < 4.78 is 5.36. The van der Waals surface area contributed by atoms with Crippen LogP contribution in [0.15, 0.2) is 28.8 Å². The number of aryl methyl sites for hydroxylation is 1. The third kappa shape index (κ3) is 4.05. The van der Waals surface area contributed by atoms with Gasteiger partial charge in [0, 0.05) is 24.3 Å². The lowest BCUT2D eigenvalue weighted by Crippen LogP contribution is -2.30. The Balaban J connectivity index is 1.32. The topological polar surface area (TPSA) is 106 Å². The van der Waals surface area contributed by atoms with Crippen molar-refractivity contribution in [3.8, 4) is 0 Å². The highest BCUT2D eigenvalue weighted by Gasteiger charge is 2.22. The SMILES string of the molecule is Cc1cc2c(NC(=O)NCCc3noc(C4CCCC4)n3)cccc2nn1. The molecule has 140 valence electrons. The van der Waals surface area contributed by atoms with E-state index in [9.17, 15) is 4.79 Å². The third-order valence-electron chi connectivity index (χ3n) is 4.82. The number of aromatic nitrogens is 4. The van der Waals surface area contributed by atoms with E-state index in [1.165, 1.54) is 12.8 Å². The molecule has 1 aromatic carbocycles. The van der Waals surface area contributed by atoms with Crippen LogP contribution in [0, 0.1) is 6.92 Å². The number of fused-ring (bicyclic) bond motifs is 1. The van der Waals surface area contributed by atoms with Crippen LogP contribution in [-0.2, 0) is 6.42 Å². The van der Waals surface area contributed by atoms with Crippen LogP contribution in [0.4, 0.5) is 10.5 Å². The molecule has 2 amide bonds. The maximum absolute atomic E-state index is 12.2. The van der Waals surface area contributed by atoms with E-state index in [1.54, 1.807) is 0 Å². The van der Waals surface area contributed by atoms with E-state index in [-0.39, 0.29) is 6.03 Å². The Bertz CT molecular complexity index is 948. The Morgan fingerprint density at radius 2 is 2.11 bits per heavy atom. The maximum atomic E-state index is 12.2. The number of anilines is 1. The molecule has 1 fully saturated rings. The molecule has 0 bridgehead atoms. The zero-order valence-corrected chi connectivity index (χ0v) is 15.2. The van der Waals surface area contributed by atoms with Crippen LogP contribution in [0.5, 0.6) is 0 Å². The predicted molar refractivity (Wildman–Crippen MR) is 101 cm³/mol. The molecule has 2 aromatic heterocycles. The average molecular weight is 366 g/mol. The van der Waals surface area contributed by atoms with E-state index in [4.69, 9.17) is 4.52 Å².